The van der Waals surface area contributed by atoms with Gasteiger partial charge in [-0.3, -0.25) is 0 Å². The Bertz CT molecular complexity index is 329. The lowest BCUT2D eigenvalue weighted by molar-refractivity contribution is 0.110. The zero-order valence-electron chi connectivity index (χ0n) is 10.7. The molecule has 1 aromatic heterocycles. The molecule has 3 N–H and O–H groups in total. The topological polar surface area (TPSA) is 60.2 Å². The van der Waals surface area contributed by atoms with E-state index in [1.165, 1.54) is 11.5 Å². The van der Waals surface area contributed by atoms with Crippen molar-refractivity contribution in [3.8, 4) is 0 Å². The maximum atomic E-state index is 5.75. The van der Waals surface area contributed by atoms with Crippen LogP contribution in [0.1, 0.15) is 20.3 Å². The average molecular weight is 275 g/mol. The van der Waals surface area contributed by atoms with Gasteiger partial charge in [-0.25, -0.2) is 0 Å². The Morgan fingerprint density at radius 2 is 2.29 bits per heavy atom. The van der Waals surface area contributed by atoms with Crippen molar-refractivity contribution in [1.82, 2.24) is 4.37 Å². The SMILES string of the molecule is CSc1c(N)nsc1NCCCOCC(C)C. The molecule has 0 saturated heterocycles. The number of nitrogens with zero attached hydrogens (tertiary/aromatic N) is 1. The summed E-state index contributed by atoms with van der Waals surface area (Å²) in [6, 6.07) is 0. The Kier molecular flexibility index (Phi) is 6.69. The van der Waals surface area contributed by atoms with Crippen LogP contribution in [0.3, 0.4) is 0 Å². The number of hydrogen-bond acceptors (Lipinski definition) is 6. The summed E-state index contributed by atoms with van der Waals surface area (Å²) in [5.41, 5.74) is 5.75. The van der Waals surface area contributed by atoms with Crippen molar-refractivity contribution in [2.24, 2.45) is 5.92 Å². The predicted octanol–water partition coefficient (Wildman–Crippen LogP) is 2.92. The average Bonchev–Trinajstić information content (AvgIpc) is 2.63. The predicted molar refractivity (Wildman–Crippen MR) is 77.1 cm³/mol. The van der Waals surface area contributed by atoms with E-state index in [1.807, 2.05) is 6.26 Å². The molecule has 0 radical (unpaired) electrons. The maximum Gasteiger partial charge on any atom is 0.153 e. The van der Waals surface area contributed by atoms with E-state index in [4.69, 9.17) is 10.5 Å². The second kappa shape index (κ2) is 7.79. The molecule has 4 nitrogen and oxygen atoms in total. The third kappa shape index (κ3) is 5.14. The minimum Gasteiger partial charge on any atom is -0.382 e. The zero-order chi connectivity index (χ0) is 12.7. The smallest absolute Gasteiger partial charge is 0.153 e. The van der Waals surface area contributed by atoms with Gasteiger partial charge < -0.3 is 15.8 Å². The van der Waals surface area contributed by atoms with Gasteiger partial charge in [0.1, 0.15) is 5.00 Å². The number of nitrogens with one attached hydrogen (secondary N) is 1. The van der Waals surface area contributed by atoms with Crippen LogP contribution in [0.5, 0.6) is 0 Å². The molecule has 0 aliphatic heterocycles. The van der Waals surface area contributed by atoms with Gasteiger partial charge in [0.05, 0.1) is 4.90 Å². The van der Waals surface area contributed by atoms with Gasteiger partial charge in [0.25, 0.3) is 0 Å². The molecular weight excluding hydrogens is 254 g/mol. The molecule has 0 fully saturated rings. The van der Waals surface area contributed by atoms with Crippen molar-refractivity contribution in [1.29, 1.82) is 0 Å². The molecule has 0 spiro atoms. The Labute approximate surface area is 111 Å². The van der Waals surface area contributed by atoms with Crippen LogP contribution in [0, 0.1) is 5.92 Å². The van der Waals surface area contributed by atoms with Crippen molar-refractivity contribution in [2.45, 2.75) is 25.2 Å². The van der Waals surface area contributed by atoms with Crippen molar-refractivity contribution < 1.29 is 4.74 Å². The largest absolute Gasteiger partial charge is 0.382 e. The minimum atomic E-state index is 0.604. The van der Waals surface area contributed by atoms with E-state index >= 15 is 0 Å². The second-order valence-electron chi connectivity index (χ2n) is 4.18. The van der Waals surface area contributed by atoms with Crippen molar-refractivity contribution >= 4 is 34.1 Å². The van der Waals surface area contributed by atoms with E-state index in [0.717, 1.165) is 36.1 Å². The molecule has 1 rings (SSSR count). The van der Waals surface area contributed by atoms with E-state index in [-0.39, 0.29) is 0 Å². The summed E-state index contributed by atoms with van der Waals surface area (Å²) in [5.74, 6) is 1.23. The first-order valence-electron chi connectivity index (χ1n) is 5.76. The first-order chi connectivity index (χ1) is 8.15. The fraction of sp³-hybridized carbons (Fsp3) is 0.727. The minimum absolute atomic E-state index is 0.604. The van der Waals surface area contributed by atoms with Crippen LogP contribution in [-0.4, -0.2) is 30.4 Å². The first kappa shape index (κ1) is 14.6. The summed E-state index contributed by atoms with van der Waals surface area (Å²) in [7, 11) is 0. The molecule has 17 heavy (non-hydrogen) atoms. The molecule has 0 atom stereocenters. The number of hydrogen-bond donors (Lipinski definition) is 2. The number of nitrogen functional groups attached to an aromatic ring is 1. The Balaban J connectivity index is 2.18. The van der Waals surface area contributed by atoms with Crippen LogP contribution < -0.4 is 11.1 Å². The van der Waals surface area contributed by atoms with Crippen LogP contribution in [0.4, 0.5) is 10.8 Å². The molecule has 1 aromatic rings. The number of aromatic nitrogens is 1. The van der Waals surface area contributed by atoms with Gasteiger partial charge in [-0.15, -0.1) is 11.8 Å². The van der Waals surface area contributed by atoms with Crippen LogP contribution in [0.2, 0.25) is 0 Å². The molecule has 0 bridgehead atoms. The summed E-state index contributed by atoms with van der Waals surface area (Å²) < 4.78 is 9.64. The molecule has 0 aliphatic carbocycles. The highest BCUT2D eigenvalue weighted by molar-refractivity contribution is 7.99. The van der Waals surface area contributed by atoms with Crippen molar-refractivity contribution in [3.05, 3.63) is 0 Å². The third-order valence-corrected chi connectivity index (χ3v) is 3.85. The molecule has 0 aliphatic rings. The quantitative estimate of drug-likeness (QED) is 0.564. The van der Waals surface area contributed by atoms with Gasteiger partial charge in [0, 0.05) is 19.8 Å². The Hall–Kier alpha value is -0.460. The molecule has 0 aromatic carbocycles. The summed E-state index contributed by atoms with van der Waals surface area (Å²) in [4.78, 5) is 1.05. The summed E-state index contributed by atoms with van der Waals surface area (Å²) in [5, 5.41) is 4.42. The Morgan fingerprint density at radius 1 is 1.53 bits per heavy atom. The molecule has 1 heterocycles. The van der Waals surface area contributed by atoms with Crippen molar-refractivity contribution in [2.75, 3.05) is 37.1 Å². The number of nitrogens with two attached hydrogens (primary N) is 1. The fourth-order valence-corrected chi connectivity index (χ4v) is 2.87. The van der Waals surface area contributed by atoms with Crippen LogP contribution >= 0.6 is 23.3 Å². The standard InChI is InChI=1S/C11H21N3OS2/c1-8(2)7-15-6-4-5-13-11-9(16-3)10(12)14-17-11/h8,13H,4-7H2,1-3H3,(H2,12,14). The molecule has 6 heteroatoms. The molecule has 0 amide bonds. The van der Waals surface area contributed by atoms with Gasteiger partial charge in [-0.05, 0) is 30.1 Å². The molecular formula is C11H21N3OS2. The van der Waals surface area contributed by atoms with E-state index in [1.54, 1.807) is 11.8 Å². The van der Waals surface area contributed by atoms with Crippen LogP contribution in [0.25, 0.3) is 0 Å². The monoisotopic (exact) mass is 275 g/mol. The second-order valence-corrected chi connectivity index (χ2v) is 5.77. The van der Waals surface area contributed by atoms with E-state index < -0.39 is 0 Å². The summed E-state index contributed by atoms with van der Waals surface area (Å²) in [6.45, 7) is 6.84. The number of rotatable bonds is 8. The fourth-order valence-electron chi connectivity index (χ4n) is 1.30. The lowest BCUT2D eigenvalue weighted by atomic mass is 10.2. The normalized spacial score (nSPS) is 11.1. The van der Waals surface area contributed by atoms with E-state index in [2.05, 4.69) is 23.5 Å². The van der Waals surface area contributed by atoms with Crippen LogP contribution in [-0.2, 0) is 4.74 Å². The van der Waals surface area contributed by atoms with Gasteiger partial charge in [0.15, 0.2) is 5.82 Å². The Morgan fingerprint density at radius 3 is 2.94 bits per heavy atom. The maximum absolute atomic E-state index is 5.75. The summed E-state index contributed by atoms with van der Waals surface area (Å²) >= 11 is 3.05. The molecule has 98 valence electrons. The first-order valence-corrected chi connectivity index (χ1v) is 7.75. The highest BCUT2D eigenvalue weighted by Crippen LogP contribution is 2.34. The number of ether oxygens (including phenoxy) is 1. The third-order valence-electron chi connectivity index (χ3n) is 2.08. The van der Waals surface area contributed by atoms with Gasteiger partial charge in [-0.2, -0.15) is 4.37 Å². The van der Waals surface area contributed by atoms with Gasteiger partial charge >= 0.3 is 0 Å². The van der Waals surface area contributed by atoms with E-state index in [9.17, 15) is 0 Å². The van der Waals surface area contributed by atoms with Gasteiger partial charge in [0.2, 0.25) is 0 Å². The number of thioether (sulfide) groups is 1. The van der Waals surface area contributed by atoms with Crippen LogP contribution in [0.15, 0.2) is 4.90 Å². The summed E-state index contributed by atoms with van der Waals surface area (Å²) in [6.07, 6.45) is 3.01. The highest BCUT2D eigenvalue weighted by atomic mass is 32.2. The zero-order valence-corrected chi connectivity index (χ0v) is 12.3. The lowest BCUT2D eigenvalue weighted by Gasteiger charge is -2.08. The molecule has 0 unspecified atom stereocenters. The van der Waals surface area contributed by atoms with Crippen molar-refractivity contribution in [3.63, 3.8) is 0 Å². The van der Waals surface area contributed by atoms with E-state index in [0.29, 0.717) is 11.7 Å². The molecule has 0 saturated carbocycles. The lowest BCUT2D eigenvalue weighted by Crippen LogP contribution is -2.08. The van der Waals surface area contributed by atoms with Gasteiger partial charge in [-0.1, -0.05) is 13.8 Å². The highest BCUT2D eigenvalue weighted by Gasteiger charge is 2.09. The number of anilines is 2.